The summed E-state index contributed by atoms with van der Waals surface area (Å²) in [4.78, 5) is 25.6. The minimum atomic E-state index is -3.65. The fourth-order valence-corrected chi connectivity index (χ4v) is 4.30. The molecule has 0 atom stereocenters. The van der Waals surface area contributed by atoms with E-state index in [1.165, 1.54) is 11.0 Å². The maximum atomic E-state index is 12.4. The molecule has 8 nitrogen and oxygen atoms in total. The Balaban J connectivity index is 1.82. The normalized spacial score (nSPS) is 10.8. The van der Waals surface area contributed by atoms with Crippen LogP contribution in [-0.2, 0) is 24.3 Å². The SMILES string of the molecule is N#CCCN(C(=O)COC(=O)CCNS(=O)(=O)c1cccs1)c1ccccc1. The molecule has 148 valence electrons. The highest BCUT2D eigenvalue weighted by molar-refractivity contribution is 7.91. The summed E-state index contributed by atoms with van der Waals surface area (Å²) in [5, 5.41) is 10.4. The maximum absolute atomic E-state index is 12.4. The Morgan fingerprint density at radius 3 is 2.57 bits per heavy atom. The van der Waals surface area contributed by atoms with Gasteiger partial charge in [0.2, 0.25) is 10.0 Å². The molecule has 10 heteroatoms. The summed E-state index contributed by atoms with van der Waals surface area (Å²) in [6.07, 6.45) is -0.0690. The van der Waals surface area contributed by atoms with Gasteiger partial charge in [-0.15, -0.1) is 11.3 Å². The van der Waals surface area contributed by atoms with Gasteiger partial charge in [-0.3, -0.25) is 9.59 Å². The predicted molar refractivity (Wildman–Crippen MR) is 104 cm³/mol. The molecule has 0 aliphatic rings. The molecule has 0 fully saturated rings. The van der Waals surface area contributed by atoms with Crippen LogP contribution >= 0.6 is 11.3 Å². The van der Waals surface area contributed by atoms with Crippen LogP contribution in [0.5, 0.6) is 0 Å². The van der Waals surface area contributed by atoms with Crippen LogP contribution in [0.4, 0.5) is 5.69 Å². The average Bonchev–Trinajstić information content (AvgIpc) is 3.23. The lowest BCUT2D eigenvalue weighted by molar-refractivity contribution is -0.147. The first-order chi connectivity index (χ1) is 13.4. The fourth-order valence-electron chi connectivity index (χ4n) is 2.23. The largest absolute Gasteiger partial charge is 0.456 e. The predicted octanol–water partition coefficient (Wildman–Crippen LogP) is 1.91. The molecule has 0 radical (unpaired) electrons. The van der Waals surface area contributed by atoms with E-state index in [0.717, 1.165) is 11.3 Å². The molecule has 2 aromatic rings. The molecular formula is C18H19N3O5S2. The van der Waals surface area contributed by atoms with Crippen molar-refractivity contribution >= 4 is 38.9 Å². The zero-order valence-electron chi connectivity index (χ0n) is 14.9. The van der Waals surface area contributed by atoms with Gasteiger partial charge in [-0.25, -0.2) is 13.1 Å². The Morgan fingerprint density at radius 2 is 1.93 bits per heavy atom. The first-order valence-corrected chi connectivity index (χ1v) is 10.7. The summed E-state index contributed by atoms with van der Waals surface area (Å²) >= 11 is 1.07. The summed E-state index contributed by atoms with van der Waals surface area (Å²) in [6.45, 7) is -0.446. The second-order valence-electron chi connectivity index (χ2n) is 5.53. The number of amides is 1. The quantitative estimate of drug-likeness (QED) is 0.586. The minimum absolute atomic E-state index is 0.135. The number of esters is 1. The molecule has 0 aliphatic carbocycles. The standard InChI is InChI=1S/C18H19N3O5S2/c19-10-5-12-21(15-6-2-1-3-7-15)16(22)14-26-17(23)9-11-20-28(24,25)18-8-4-13-27-18/h1-4,6-8,13,20H,5,9,11-12,14H2. The van der Waals surface area contributed by atoms with Gasteiger partial charge >= 0.3 is 5.97 Å². The van der Waals surface area contributed by atoms with Crippen LogP contribution in [0.15, 0.2) is 52.1 Å². The first-order valence-electron chi connectivity index (χ1n) is 8.35. The van der Waals surface area contributed by atoms with E-state index in [1.54, 1.807) is 41.8 Å². The van der Waals surface area contributed by atoms with E-state index in [1.807, 2.05) is 6.07 Å². The zero-order chi connectivity index (χ0) is 20.4. The van der Waals surface area contributed by atoms with Crippen molar-refractivity contribution in [3.8, 4) is 6.07 Å². The van der Waals surface area contributed by atoms with Crippen LogP contribution < -0.4 is 9.62 Å². The van der Waals surface area contributed by atoms with Gasteiger partial charge in [0.1, 0.15) is 4.21 Å². The highest BCUT2D eigenvalue weighted by atomic mass is 32.2. The Morgan fingerprint density at radius 1 is 1.18 bits per heavy atom. The number of carbonyl (C=O) groups is 2. The smallest absolute Gasteiger partial charge is 0.307 e. The topological polar surface area (TPSA) is 117 Å². The van der Waals surface area contributed by atoms with Gasteiger partial charge in [0.25, 0.3) is 5.91 Å². The molecule has 1 N–H and O–H groups in total. The van der Waals surface area contributed by atoms with Crippen molar-refractivity contribution in [3.63, 3.8) is 0 Å². The molecule has 0 saturated carbocycles. The molecule has 1 aromatic carbocycles. The zero-order valence-corrected chi connectivity index (χ0v) is 16.5. The second-order valence-corrected chi connectivity index (χ2v) is 8.47. The number of thiophene rings is 1. The number of para-hydroxylation sites is 1. The summed E-state index contributed by atoms with van der Waals surface area (Å²) < 4.78 is 31.3. The van der Waals surface area contributed by atoms with Gasteiger partial charge in [-0.1, -0.05) is 24.3 Å². The summed E-state index contributed by atoms with van der Waals surface area (Å²) in [5.74, 6) is -1.16. The Kier molecular flexibility index (Phi) is 8.13. The van der Waals surface area contributed by atoms with Gasteiger partial charge in [0.05, 0.1) is 18.9 Å². The Hall–Kier alpha value is -2.74. The highest BCUT2D eigenvalue weighted by Crippen LogP contribution is 2.15. The van der Waals surface area contributed by atoms with Crippen molar-refractivity contribution in [2.24, 2.45) is 0 Å². The number of rotatable bonds is 10. The number of hydrogen-bond donors (Lipinski definition) is 1. The van der Waals surface area contributed by atoms with Crippen LogP contribution in [-0.4, -0.2) is 40.0 Å². The lowest BCUT2D eigenvalue weighted by Crippen LogP contribution is -2.35. The molecule has 0 unspecified atom stereocenters. The van der Waals surface area contributed by atoms with E-state index in [4.69, 9.17) is 10.00 Å². The maximum Gasteiger partial charge on any atom is 0.307 e. The first kappa shape index (κ1) is 21.6. The van der Waals surface area contributed by atoms with E-state index < -0.39 is 28.5 Å². The number of nitrogens with one attached hydrogen (secondary N) is 1. The van der Waals surface area contributed by atoms with Gasteiger partial charge in [-0.05, 0) is 23.6 Å². The number of ether oxygens (including phenoxy) is 1. The van der Waals surface area contributed by atoms with E-state index in [2.05, 4.69) is 4.72 Å². The lowest BCUT2D eigenvalue weighted by atomic mass is 10.2. The second kappa shape index (κ2) is 10.6. The molecule has 1 aromatic heterocycles. The number of nitrogens with zero attached hydrogens (tertiary/aromatic N) is 2. The molecule has 2 rings (SSSR count). The average molecular weight is 422 g/mol. The molecule has 28 heavy (non-hydrogen) atoms. The van der Waals surface area contributed by atoms with E-state index in [-0.39, 0.29) is 30.1 Å². The number of anilines is 1. The third-order valence-electron chi connectivity index (χ3n) is 3.55. The van der Waals surface area contributed by atoms with Crippen molar-refractivity contribution < 1.29 is 22.7 Å². The van der Waals surface area contributed by atoms with E-state index in [9.17, 15) is 18.0 Å². The summed E-state index contributed by atoms with van der Waals surface area (Å²) in [7, 11) is -3.65. The summed E-state index contributed by atoms with van der Waals surface area (Å²) in [5.41, 5.74) is 0.600. The molecule has 0 saturated heterocycles. The summed E-state index contributed by atoms with van der Waals surface area (Å²) in [6, 6.07) is 13.8. The van der Waals surface area contributed by atoms with Crippen LogP contribution in [0, 0.1) is 11.3 Å². The molecule has 0 spiro atoms. The molecule has 0 aliphatic heterocycles. The number of hydrogen-bond acceptors (Lipinski definition) is 7. The van der Waals surface area contributed by atoms with Gasteiger partial charge in [0, 0.05) is 18.8 Å². The minimum Gasteiger partial charge on any atom is -0.456 e. The highest BCUT2D eigenvalue weighted by Gasteiger charge is 2.18. The van der Waals surface area contributed by atoms with Crippen LogP contribution in [0.1, 0.15) is 12.8 Å². The molecule has 1 heterocycles. The van der Waals surface area contributed by atoms with Crippen LogP contribution in [0.25, 0.3) is 0 Å². The third-order valence-corrected chi connectivity index (χ3v) is 6.41. The van der Waals surface area contributed by atoms with Crippen molar-refractivity contribution in [2.45, 2.75) is 17.1 Å². The van der Waals surface area contributed by atoms with Crippen molar-refractivity contribution in [1.82, 2.24) is 4.72 Å². The Bertz CT molecular complexity index is 922. The van der Waals surface area contributed by atoms with E-state index in [0.29, 0.717) is 5.69 Å². The third kappa shape index (κ3) is 6.45. The lowest BCUT2D eigenvalue weighted by Gasteiger charge is -2.21. The van der Waals surface area contributed by atoms with Gasteiger partial charge in [0.15, 0.2) is 6.61 Å². The van der Waals surface area contributed by atoms with Gasteiger partial charge in [-0.2, -0.15) is 5.26 Å². The van der Waals surface area contributed by atoms with Crippen LogP contribution in [0.3, 0.4) is 0 Å². The van der Waals surface area contributed by atoms with Gasteiger partial charge < -0.3 is 9.64 Å². The van der Waals surface area contributed by atoms with Crippen molar-refractivity contribution in [1.29, 1.82) is 5.26 Å². The molecular weight excluding hydrogens is 402 g/mol. The number of nitriles is 1. The van der Waals surface area contributed by atoms with Crippen LogP contribution in [0.2, 0.25) is 0 Å². The monoisotopic (exact) mass is 421 g/mol. The van der Waals surface area contributed by atoms with Crippen molar-refractivity contribution in [2.75, 3.05) is 24.6 Å². The number of benzene rings is 1. The fraction of sp³-hybridized carbons (Fsp3) is 0.278. The van der Waals surface area contributed by atoms with Crippen molar-refractivity contribution in [3.05, 3.63) is 47.8 Å². The van der Waals surface area contributed by atoms with E-state index >= 15 is 0 Å². The Labute approximate surface area is 167 Å². The number of sulfonamides is 1. The molecule has 0 bridgehead atoms. The molecule has 1 amide bonds. The number of carbonyl (C=O) groups excluding carboxylic acids is 2.